The Balaban J connectivity index is 1.32. The van der Waals surface area contributed by atoms with E-state index >= 15 is 0 Å². The van der Waals surface area contributed by atoms with Crippen molar-refractivity contribution in [1.82, 2.24) is 15.6 Å². The van der Waals surface area contributed by atoms with Crippen molar-refractivity contribution in [2.24, 2.45) is 0 Å². The van der Waals surface area contributed by atoms with Crippen LogP contribution in [0.5, 0.6) is 11.5 Å². The van der Waals surface area contributed by atoms with Gasteiger partial charge in [0.15, 0.2) is 11.5 Å². The second-order valence-corrected chi connectivity index (χ2v) is 9.68. The van der Waals surface area contributed by atoms with Crippen molar-refractivity contribution in [3.63, 3.8) is 0 Å². The highest BCUT2D eigenvalue weighted by Gasteiger charge is 2.22. The zero-order chi connectivity index (χ0) is 26.2. The van der Waals surface area contributed by atoms with Crippen molar-refractivity contribution in [2.45, 2.75) is 45.1 Å². The fourth-order valence-electron chi connectivity index (χ4n) is 4.90. The molecule has 2 N–H and O–H groups in total. The highest BCUT2D eigenvalue weighted by molar-refractivity contribution is 6.06. The third-order valence-corrected chi connectivity index (χ3v) is 6.97. The van der Waals surface area contributed by atoms with E-state index in [9.17, 15) is 9.59 Å². The van der Waals surface area contributed by atoms with E-state index in [4.69, 9.17) is 9.47 Å². The number of nitrogens with one attached hydrogen (secondary N) is 2. The average Bonchev–Trinajstić information content (AvgIpc) is 3.41. The Morgan fingerprint density at radius 2 is 1.82 bits per heavy atom. The topological polar surface area (TPSA) is 92.8 Å². The maximum absolute atomic E-state index is 13.5. The molecule has 198 valence electrons. The SMILES string of the molecule is O=C(NCCc1ccc2c(c1)OCO2)c1ccc2c(c1)CNCCCCCCCN2C(=O)c1cccnc1. The lowest BCUT2D eigenvalue weighted by atomic mass is 10.0. The number of carbonyl (C=O) groups excluding carboxylic acids is 2. The fourth-order valence-corrected chi connectivity index (χ4v) is 4.90. The predicted octanol–water partition coefficient (Wildman–Crippen LogP) is 4.48. The van der Waals surface area contributed by atoms with Gasteiger partial charge in [-0.15, -0.1) is 0 Å². The minimum Gasteiger partial charge on any atom is -0.454 e. The van der Waals surface area contributed by atoms with Gasteiger partial charge in [0, 0.05) is 43.3 Å². The first kappa shape index (κ1) is 25.7. The Morgan fingerprint density at radius 3 is 2.71 bits per heavy atom. The standard InChI is InChI=1S/C30H34N4O4/c35-29(33-15-12-22-8-11-27-28(17-22)38-21-37-27)23-9-10-26-25(18-23)20-31-13-4-2-1-3-5-16-34(26)30(36)24-7-6-14-32-19-24/h6-11,14,17-19,31H,1-5,12-13,15-16,20-21H2,(H,33,35). The van der Waals surface area contributed by atoms with Gasteiger partial charge in [0.05, 0.1) is 5.56 Å². The molecule has 2 amide bonds. The van der Waals surface area contributed by atoms with E-state index in [1.54, 1.807) is 24.5 Å². The Labute approximate surface area is 223 Å². The predicted molar refractivity (Wildman–Crippen MR) is 146 cm³/mol. The van der Waals surface area contributed by atoms with Crippen LogP contribution in [0.3, 0.4) is 0 Å². The number of hydrogen-bond acceptors (Lipinski definition) is 6. The lowest BCUT2D eigenvalue weighted by Crippen LogP contribution is -2.34. The van der Waals surface area contributed by atoms with Gasteiger partial charge in [0.25, 0.3) is 11.8 Å². The van der Waals surface area contributed by atoms with Crippen LogP contribution in [0.4, 0.5) is 5.69 Å². The molecule has 2 aromatic carbocycles. The molecule has 3 aromatic rings. The first-order valence-electron chi connectivity index (χ1n) is 13.4. The number of nitrogens with zero attached hydrogens (tertiary/aromatic N) is 2. The minimum absolute atomic E-state index is 0.0719. The number of ether oxygens (including phenoxy) is 2. The maximum atomic E-state index is 13.5. The van der Waals surface area contributed by atoms with E-state index in [1.807, 2.05) is 41.3 Å². The molecule has 8 nitrogen and oxygen atoms in total. The monoisotopic (exact) mass is 514 g/mol. The van der Waals surface area contributed by atoms with Gasteiger partial charge in [0.2, 0.25) is 6.79 Å². The molecule has 8 heteroatoms. The molecule has 1 aromatic heterocycles. The van der Waals surface area contributed by atoms with E-state index in [0.717, 1.165) is 60.5 Å². The van der Waals surface area contributed by atoms with Gasteiger partial charge in [-0.05, 0) is 79.4 Å². The molecule has 0 bridgehead atoms. The van der Waals surface area contributed by atoms with Crippen LogP contribution < -0.4 is 25.0 Å². The number of hydrogen-bond donors (Lipinski definition) is 2. The van der Waals surface area contributed by atoms with Crippen LogP contribution in [0, 0.1) is 0 Å². The molecule has 3 heterocycles. The summed E-state index contributed by atoms with van der Waals surface area (Å²) in [4.78, 5) is 32.6. The number of carbonyl (C=O) groups is 2. The summed E-state index contributed by atoms with van der Waals surface area (Å²) in [5, 5.41) is 6.54. The molecule has 0 saturated heterocycles. The van der Waals surface area contributed by atoms with Crippen LogP contribution in [0.2, 0.25) is 0 Å². The normalized spacial score (nSPS) is 15.6. The van der Waals surface area contributed by atoms with E-state index < -0.39 is 0 Å². The van der Waals surface area contributed by atoms with Gasteiger partial charge in [-0.2, -0.15) is 0 Å². The van der Waals surface area contributed by atoms with Crippen molar-refractivity contribution in [2.75, 3.05) is 31.3 Å². The summed E-state index contributed by atoms with van der Waals surface area (Å²) >= 11 is 0. The van der Waals surface area contributed by atoms with Gasteiger partial charge < -0.3 is 25.0 Å². The summed E-state index contributed by atoms with van der Waals surface area (Å²) in [6.07, 6.45) is 9.42. The second kappa shape index (κ2) is 12.6. The summed E-state index contributed by atoms with van der Waals surface area (Å²) in [5.41, 5.74) is 3.98. The van der Waals surface area contributed by atoms with E-state index in [0.29, 0.717) is 37.2 Å². The molecule has 0 fully saturated rings. The molecule has 2 aliphatic heterocycles. The number of rotatable bonds is 5. The lowest BCUT2D eigenvalue weighted by Gasteiger charge is -2.26. The first-order chi connectivity index (χ1) is 18.7. The summed E-state index contributed by atoms with van der Waals surface area (Å²) in [7, 11) is 0. The Kier molecular flexibility index (Phi) is 8.50. The maximum Gasteiger partial charge on any atom is 0.259 e. The van der Waals surface area contributed by atoms with Crippen LogP contribution in [0.1, 0.15) is 63.9 Å². The van der Waals surface area contributed by atoms with Gasteiger partial charge in [-0.1, -0.05) is 25.3 Å². The molecule has 2 aliphatic rings. The Hall–Kier alpha value is -3.91. The van der Waals surface area contributed by atoms with Gasteiger partial charge >= 0.3 is 0 Å². The summed E-state index contributed by atoms with van der Waals surface area (Å²) in [6.45, 7) is 2.86. The smallest absolute Gasteiger partial charge is 0.259 e. The first-order valence-corrected chi connectivity index (χ1v) is 13.4. The molecule has 5 rings (SSSR count). The zero-order valence-electron chi connectivity index (χ0n) is 21.6. The summed E-state index contributed by atoms with van der Waals surface area (Å²) in [5.74, 6) is 1.29. The molecular weight excluding hydrogens is 480 g/mol. The highest BCUT2D eigenvalue weighted by Crippen LogP contribution is 2.32. The highest BCUT2D eigenvalue weighted by atomic mass is 16.7. The van der Waals surface area contributed by atoms with E-state index in [2.05, 4.69) is 15.6 Å². The quantitative estimate of drug-likeness (QED) is 0.522. The number of aromatic nitrogens is 1. The molecule has 0 saturated carbocycles. The summed E-state index contributed by atoms with van der Waals surface area (Å²) in [6, 6.07) is 15.0. The number of benzene rings is 2. The number of fused-ring (bicyclic) bond motifs is 2. The molecule has 0 unspecified atom stereocenters. The van der Waals surface area contributed by atoms with Crippen molar-refractivity contribution >= 4 is 17.5 Å². The third kappa shape index (κ3) is 6.31. The van der Waals surface area contributed by atoms with Crippen LogP contribution in [0.15, 0.2) is 60.9 Å². The molecule has 0 radical (unpaired) electrons. The van der Waals surface area contributed by atoms with Crippen LogP contribution in [0.25, 0.3) is 0 Å². The molecule has 0 spiro atoms. The van der Waals surface area contributed by atoms with Gasteiger partial charge in [0.1, 0.15) is 0 Å². The van der Waals surface area contributed by atoms with Crippen LogP contribution >= 0.6 is 0 Å². The lowest BCUT2D eigenvalue weighted by molar-refractivity contribution is 0.0953. The minimum atomic E-state index is -0.134. The largest absolute Gasteiger partial charge is 0.454 e. The van der Waals surface area contributed by atoms with E-state index in [1.165, 1.54) is 6.42 Å². The van der Waals surface area contributed by atoms with Crippen molar-refractivity contribution in [3.8, 4) is 11.5 Å². The van der Waals surface area contributed by atoms with E-state index in [-0.39, 0.29) is 18.6 Å². The van der Waals surface area contributed by atoms with Gasteiger partial charge in [-0.25, -0.2) is 0 Å². The van der Waals surface area contributed by atoms with Gasteiger partial charge in [-0.3, -0.25) is 14.6 Å². The van der Waals surface area contributed by atoms with Crippen molar-refractivity contribution < 1.29 is 19.1 Å². The molecule has 38 heavy (non-hydrogen) atoms. The van der Waals surface area contributed by atoms with Crippen molar-refractivity contribution in [3.05, 3.63) is 83.2 Å². The van der Waals surface area contributed by atoms with Crippen LogP contribution in [-0.4, -0.2) is 43.2 Å². The second-order valence-electron chi connectivity index (χ2n) is 9.68. The zero-order valence-corrected chi connectivity index (χ0v) is 21.6. The summed E-state index contributed by atoms with van der Waals surface area (Å²) < 4.78 is 10.8. The third-order valence-electron chi connectivity index (χ3n) is 6.97. The number of pyridine rings is 1. The van der Waals surface area contributed by atoms with Crippen molar-refractivity contribution in [1.29, 1.82) is 0 Å². The van der Waals surface area contributed by atoms with Crippen LogP contribution in [-0.2, 0) is 13.0 Å². The number of anilines is 1. The fraction of sp³-hybridized carbons (Fsp3) is 0.367. The molecular formula is C30H34N4O4. The number of amides is 2. The Morgan fingerprint density at radius 1 is 0.947 bits per heavy atom. The molecule has 0 aliphatic carbocycles. The Bertz CT molecular complexity index is 1260. The average molecular weight is 515 g/mol. The molecule has 0 atom stereocenters.